The fourth-order valence-electron chi connectivity index (χ4n) is 6.54. The van der Waals surface area contributed by atoms with Gasteiger partial charge >= 0.3 is 5.97 Å². The predicted molar refractivity (Wildman–Crippen MR) is 170 cm³/mol. The third-order valence-electron chi connectivity index (χ3n) is 9.50. The van der Waals surface area contributed by atoms with Crippen molar-refractivity contribution in [3.05, 3.63) is 47.3 Å². The molecule has 0 aromatic heterocycles. The molecular weight excluding hydrogens is 564 g/mol. The largest absolute Gasteiger partial charge is 0.490 e. The van der Waals surface area contributed by atoms with Crippen LogP contribution in [0.1, 0.15) is 75.2 Å². The summed E-state index contributed by atoms with van der Waals surface area (Å²) in [6, 6.07) is 0. The van der Waals surface area contributed by atoms with Crippen LogP contribution in [0.2, 0.25) is 0 Å². The van der Waals surface area contributed by atoms with Gasteiger partial charge < -0.3 is 39.4 Å². The number of cyclic esters (lactones) is 1. The van der Waals surface area contributed by atoms with Crippen LogP contribution in [0.5, 0.6) is 0 Å². The summed E-state index contributed by atoms with van der Waals surface area (Å²) in [4.78, 5) is 13.5. The van der Waals surface area contributed by atoms with Crippen LogP contribution in [0.25, 0.3) is 0 Å². The Hall–Kier alpha value is -2.01. The van der Waals surface area contributed by atoms with E-state index in [-0.39, 0.29) is 35.9 Å². The molecule has 0 amide bonds. The second-order valence-corrected chi connectivity index (χ2v) is 13.6. The van der Waals surface area contributed by atoms with Crippen LogP contribution in [-0.2, 0) is 23.7 Å². The van der Waals surface area contributed by atoms with Crippen molar-refractivity contribution in [2.24, 2.45) is 35.5 Å². The Morgan fingerprint density at radius 3 is 2.25 bits per heavy atom. The Kier molecular flexibility index (Phi) is 14.3. The number of carbonyl (C=O) groups is 1. The fraction of sp³-hybridized carbons (Fsp3) is 0.743. The maximum Gasteiger partial charge on any atom is 0.373 e. The molecule has 9 heteroatoms. The van der Waals surface area contributed by atoms with Crippen molar-refractivity contribution in [2.75, 3.05) is 14.2 Å². The number of aliphatic hydroxyl groups excluding tert-OH is 3. The summed E-state index contributed by atoms with van der Waals surface area (Å²) in [5.41, 5.74) is 1.78. The SMILES string of the molecule is CO/C1=C\C(C)=C\[C@H](C)[C@H](O)[C@H](C)C/C(C)=C\C=C\[C@H](OC)[C@H]([C@H](C)[C@H](O)[C@H](C)[C@]2(O)C[C@H](O)[C@@H](C)[C@H](C(C)C)O2)OC1=O. The smallest absolute Gasteiger partial charge is 0.373 e. The average Bonchev–Trinajstić information content (AvgIpc) is 2.96. The van der Waals surface area contributed by atoms with Gasteiger partial charge in [0.2, 0.25) is 5.76 Å². The van der Waals surface area contributed by atoms with Gasteiger partial charge in [-0.1, -0.05) is 83.9 Å². The van der Waals surface area contributed by atoms with Gasteiger partial charge in [-0.15, -0.1) is 0 Å². The molecule has 44 heavy (non-hydrogen) atoms. The number of ether oxygens (including phenoxy) is 4. The number of hydrogen-bond acceptors (Lipinski definition) is 9. The van der Waals surface area contributed by atoms with Crippen molar-refractivity contribution in [3.63, 3.8) is 0 Å². The third kappa shape index (κ3) is 9.50. The first kappa shape index (κ1) is 38.2. The second kappa shape index (κ2) is 16.5. The molecule has 12 atom stereocenters. The zero-order valence-electron chi connectivity index (χ0n) is 28.6. The topological polar surface area (TPSA) is 135 Å². The molecule has 2 heterocycles. The Labute approximate surface area is 264 Å². The summed E-state index contributed by atoms with van der Waals surface area (Å²) in [5.74, 6) is -4.49. The van der Waals surface area contributed by atoms with E-state index in [9.17, 15) is 25.2 Å². The summed E-state index contributed by atoms with van der Waals surface area (Å²) in [5, 5.41) is 45.0. The summed E-state index contributed by atoms with van der Waals surface area (Å²) >= 11 is 0. The zero-order chi connectivity index (χ0) is 33.5. The highest BCUT2D eigenvalue weighted by molar-refractivity contribution is 5.87. The summed E-state index contributed by atoms with van der Waals surface area (Å²) in [7, 11) is 2.87. The first-order chi connectivity index (χ1) is 20.5. The molecule has 9 nitrogen and oxygen atoms in total. The van der Waals surface area contributed by atoms with Gasteiger partial charge in [-0.05, 0) is 38.2 Å². The molecule has 0 radical (unpaired) electrons. The fourth-order valence-corrected chi connectivity index (χ4v) is 6.54. The standard InChI is InChI=1S/C35H58O9/c1-19(2)32-24(7)27(36)18-35(40,44-32)26(9)31(38)25(8)33-28(41-10)14-12-13-20(3)15-22(5)30(37)23(6)16-21(4)17-29(42-11)34(39)43-33/h12-14,16-17,19,22-28,30-33,36-38,40H,15,18H2,1-11H3/b14-12+,20-13-,21-16+,29-17-/t22-,23+,24-,25-,26+,27+,28+,30-,31+,32+,33+,35+/m1/s1. The number of rotatable bonds is 7. The van der Waals surface area contributed by atoms with Crippen molar-refractivity contribution < 1.29 is 44.2 Å². The molecule has 4 N–H and O–H groups in total. The average molecular weight is 623 g/mol. The normalized spacial score (nSPS) is 41.2. The van der Waals surface area contributed by atoms with Crippen LogP contribution >= 0.6 is 0 Å². The highest BCUT2D eigenvalue weighted by Crippen LogP contribution is 2.41. The molecule has 2 aliphatic rings. The quantitative estimate of drug-likeness (QED) is 0.298. The molecule has 252 valence electrons. The lowest BCUT2D eigenvalue weighted by Gasteiger charge is -2.49. The molecular formula is C35H58O9. The number of allylic oxidation sites excluding steroid dienone is 5. The van der Waals surface area contributed by atoms with Crippen LogP contribution in [0.3, 0.4) is 0 Å². The van der Waals surface area contributed by atoms with Crippen molar-refractivity contribution in [3.8, 4) is 0 Å². The number of hydrogen-bond donors (Lipinski definition) is 4. The van der Waals surface area contributed by atoms with Crippen molar-refractivity contribution in [1.82, 2.24) is 0 Å². The number of esters is 1. The van der Waals surface area contributed by atoms with Crippen LogP contribution in [0.4, 0.5) is 0 Å². The monoisotopic (exact) mass is 622 g/mol. The van der Waals surface area contributed by atoms with Gasteiger partial charge in [0, 0.05) is 37.2 Å². The van der Waals surface area contributed by atoms with Crippen molar-refractivity contribution >= 4 is 5.97 Å². The Morgan fingerprint density at radius 1 is 1.05 bits per heavy atom. The third-order valence-corrected chi connectivity index (χ3v) is 9.50. The minimum Gasteiger partial charge on any atom is -0.490 e. The van der Waals surface area contributed by atoms with E-state index in [1.165, 1.54) is 14.2 Å². The predicted octanol–water partition coefficient (Wildman–Crippen LogP) is 4.69. The van der Waals surface area contributed by atoms with Crippen molar-refractivity contribution in [1.29, 1.82) is 0 Å². The molecule has 0 bridgehead atoms. The summed E-state index contributed by atoms with van der Waals surface area (Å²) < 4.78 is 23.4. The lowest BCUT2D eigenvalue weighted by molar-refractivity contribution is -0.328. The minimum absolute atomic E-state index is 0.00492. The Balaban J connectivity index is 2.52. The molecule has 0 spiro atoms. The molecule has 1 saturated heterocycles. The van der Waals surface area contributed by atoms with Gasteiger partial charge in [0.15, 0.2) is 5.79 Å². The Bertz CT molecular complexity index is 1060. The lowest BCUT2D eigenvalue weighted by atomic mass is 9.76. The minimum atomic E-state index is -1.80. The van der Waals surface area contributed by atoms with Gasteiger partial charge in [0.05, 0.1) is 31.5 Å². The second-order valence-electron chi connectivity index (χ2n) is 13.6. The van der Waals surface area contributed by atoms with Gasteiger partial charge in [0.25, 0.3) is 0 Å². The highest BCUT2D eigenvalue weighted by atomic mass is 16.6. The van der Waals surface area contributed by atoms with Crippen LogP contribution in [-0.4, -0.2) is 83.0 Å². The molecule has 0 saturated carbocycles. The van der Waals surface area contributed by atoms with E-state index in [1.54, 1.807) is 26.0 Å². The van der Waals surface area contributed by atoms with E-state index in [4.69, 9.17) is 18.9 Å². The number of aliphatic hydroxyl groups is 4. The Morgan fingerprint density at radius 2 is 1.68 bits per heavy atom. The van der Waals surface area contributed by atoms with E-state index in [0.29, 0.717) is 6.42 Å². The first-order valence-corrected chi connectivity index (χ1v) is 15.9. The summed E-state index contributed by atoms with van der Waals surface area (Å²) in [6.07, 6.45) is 4.85. The number of carbonyl (C=O) groups excluding carboxylic acids is 1. The van der Waals surface area contributed by atoms with Crippen LogP contribution in [0.15, 0.2) is 47.3 Å². The van der Waals surface area contributed by atoms with E-state index < -0.39 is 60.2 Å². The van der Waals surface area contributed by atoms with E-state index >= 15 is 0 Å². The van der Waals surface area contributed by atoms with Gasteiger partial charge in [-0.25, -0.2) is 4.79 Å². The molecule has 2 rings (SSSR count). The molecule has 0 aromatic carbocycles. The molecule has 2 aliphatic heterocycles. The zero-order valence-corrected chi connectivity index (χ0v) is 28.6. The first-order valence-electron chi connectivity index (χ1n) is 15.9. The van der Waals surface area contributed by atoms with Crippen LogP contribution in [0, 0.1) is 35.5 Å². The molecule has 0 aliphatic carbocycles. The van der Waals surface area contributed by atoms with Crippen molar-refractivity contribution in [2.45, 2.75) is 118 Å². The van der Waals surface area contributed by atoms with E-state index in [1.807, 2.05) is 66.7 Å². The summed E-state index contributed by atoms with van der Waals surface area (Å²) in [6.45, 7) is 17.0. The highest BCUT2D eigenvalue weighted by Gasteiger charge is 2.51. The maximum absolute atomic E-state index is 13.5. The molecule has 1 fully saturated rings. The van der Waals surface area contributed by atoms with Crippen LogP contribution < -0.4 is 0 Å². The molecule has 0 unspecified atom stereocenters. The lowest BCUT2D eigenvalue weighted by Crippen LogP contribution is -2.59. The molecule has 0 aromatic rings. The van der Waals surface area contributed by atoms with E-state index in [2.05, 4.69) is 0 Å². The van der Waals surface area contributed by atoms with Gasteiger partial charge in [-0.3, -0.25) is 0 Å². The van der Waals surface area contributed by atoms with Gasteiger partial charge in [-0.2, -0.15) is 0 Å². The van der Waals surface area contributed by atoms with E-state index in [0.717, 1.165) is 11.1 Å². The van der Waals surface area contributed by atoms with Gasteiger partial charge in [0.1, 0.15) is 12.2 Å². The number of methoxy groups -OCH3 is 2. The maximum atomic E-state index is 13.5.